The van der Waals surface area contributed by atoms with Crippen LogP contribution in [0.1, 0.15) is 11.4 Å². The van der Waals surface area contributed by atoms with Gasteiger partial charge in [0.1, 0.15) is 0 Å². The van der Waals surface area contributed by atoms with Crippen LogP contribution in [0, 0.1) is 6.92 Å². The number of aromatic nitrogens is 3. The molecular weight excluding hydrogens is 344 g/mol. The van der Waals surface area contributed by atoms with E-state index in [4.69, 9.17) is 5.73 Å². The zero-order chi connectivity index (χ0) is 19.4. The second kappa shape index (κ2) is 7.79. The van der Waals surface area contributed by atoms with Gasteiger partial charge in [0.25, 0.3) is 0 Å². The molecule has 0 spiro atoms. The summed E-state index contributed by atoms with van der Waals surface area (Å²) in [4.78, 5) is 20.4. The fourth-order valence-electron chi connectivity index (χ4n) is 2.91. The third-order valence-corrected chi connectivity index (χ3v) is 3.99. The Morgan fingerprint density at radius 1 is 1.22 bits per heavy atom. The molecular formula is C19H20N6O2. The standard InChI is InChI=1S/C19H20N6O2/c1-12-8-14(9-15(10-26)22-12)16-17(13-6-4-3-5-7-13)23-19(20)25(11-27)18(16)24-21-2/h3-9,11,21,26H,10H2,1-2H3,(H2,20,23)/b24-18-. The van der Waals surface area contributed by atoms with Crippen LogP contribution in [0.3, 0.4) is 0 Å². The number of nitrogens with one attached hydrogen (secondary N) is 1. The summed E-state index contributed by atoms with van der Waals surface area (Å²) < 4.78 is 1.17. The number of hydrogen-bond donors (Lipinski definition) is 3. The molecule has 0 saturated carbocycles. The Morgan fingerprint density at radius 2 is 1.96 bits per heavy atom. The van der Waals surface area contributed by atoms with Crippen LogP contribution in [0.15, 0.2) is 47.6 Å². The summed E-state index contributed by atoms with van der Waals surface area (Å²) in [5, 5.41) is 13.8. The van der Waals surface area contributed by atoms with Gasteiger partial charge < -0.3 is 16.3 Å². The van der Waals surface area contributed by atoms with Crippen molar-refractivity contribution in [1.29, 1.82) is 0 Å². The van der Waals surface area contributed by atoms with Crippen molar-refractivity contribution in [1.82, 2.24) is 20.0 Å². The Hall–Kier alpha value is -3.52. The number of rotatable bonds is 5. The fraction of sp³-hybridized carbons (Fsp3) is 0.158. The molecule has 0 atom stereocenters. The lowest BCUT2D eigenvalue weighted by atomic mass is 9.99. The average Bonchev–Trinajstić information content (AvgIpc) is 2.68. The molecule has 0 fully saturated rings. The van der Waals surface area contributed by atoms with Crippen LogP contribution < -0.4 is 16.6 Å². The number of aryl methyl sites for hydroxylation is 1. The van der Waals surface area contributed by atoms with Crippen LogP contribution in [-0.4, -0.2) is 33.1 Å². The van der Waals surface area contributed by atoms with E-state index in [1.807, 2.05) is 43.3 Å². The monoisotopic (exact) mass is 364 g/mol. The number of benzene rings is 1. The minimum absolute atomic E-state index is 0.0229. The number of carbonyl (C=O) groups is 1. The zero-order valence-corrected chi connectivity index (χ0v) is 15.0. The van der Waals surface area contributed by atoms with Crippen molar-refractivity contribution in [2.75, 3.05) is 12.8 Å². The van der Waals surface area contributed by atoms with Crippen molar-refractivity contribution in [3.63, 3.8) is 0 Å². The molecule has 2 heterocycles. The highest BCUT2D eigenvalue weighted by Gasteiger charge is 2.18. The second-order valence-electron chi connectivity index (χ2n) is 5.84. The van der Waals surface area contributed by atoms with Gasteiger partial charge >= 0.3 is 0 Å². The number of nitrogens with zero attached hydrogens (tertiary/aromatic N) is 4. The molecule has 0 unspecified atom stereocenters. The van der Waals surface area contributed by atoms with Crippen molar-refractivity contribution >= 4 is 12.4 Å². The molecule has 0 amide bonds. The smallest absolute Gasteiger partial charge is 0.222 e. The summed E-state index contributed by atoms with van der Waals surface area (Å²) in [7, 11) is 1.63. The van der Waals surface area contributed by atoms with E-state index in [1.165, 1.54) is 4.57 Å². The number of anilines is 1. The first-order valence-corrected chi connectivity index (χ1v) is 8.31. The first-order valence-electron chi connectivity index (χ1n) is 8.31. The Labute approximate surface area is 156 Å². The molecule has 8 nitrogen and oxygen atoms in total. The molecule has 0 saturated heterocycles. The van der Waals surface area contributed by atoms with Gasteiger partial charge in [-0.25, -0.2) is 9.55 Å². The molecule has 0 bridgehead atoms. The number of carbonyl (C=O) groups excluding carboxylic acids is 1. The SMILES string of the molecule is CN/N=c1/c(-c2cc(C)nc(CO)c2)c(-c2ccccc2)nc(N)n1C=O. The Kier molecular flexibility index (Phi) is 5.28. The van der Waals surface area contributed by atoms with Crippen LogP contribution in [-0.2, 0) is 11.4 Å². The molecule has 0 aliphatic heterocycles. The lowest BCUT2D eigenvalue weighted by Crippen LogP contribution is -2.29. The van der Waals surface area contributed by atoms with Crippen LogP contribution in [0.25, 0.3) is 22.4 Å². The number of nitrogens with two attached hydrogens (primary N) is 1. The van der Waals surface area contributed by atoms with Gasteiger partial charge in [0.2, 0.25) is 12.4 Å². The summed E-state index contributed by atoms with van der Waals surface area (Å²) in [5.74, 6) is 0.0229. The summed E-state index contributed by atoms with van der Waals surface area (Å²) in [6, 6.07) is 13.1. The summed E-state index contributed by atoms with van der Waals surface area (Å²) >= 11 is 0. The largest absolute Gasteiger partial charge is 0.390 e. The predicted molar refractivity (Wildman–Crippen MR) is 103 cm³/mol. The summed E-state index contributed by atoms with van der Waals surface area (Å²) in [5.41, 5.74) is 13.0. The number of aliphatic hydroxyl groups is 1. The fourth-order valence-corrected chi connectivity index (χ4v) is 2.91. The van der Waals surface area contributed by atoms with Crippen LogP contribution >= 0.6 is 0 Å². The van der Waals surface area contributed by atoms with Crippen molar-refractivity contribution < 1.29 is 9.90 Å². The van der Waals surface area contributed by atoms with E-state index in [9.17, 15) is 9.90 Å². The van der Waals surface area contributed by atoms with Crippen LogP contribution in [0.4, 0.5) is 5.95 Å². The van der Waals surface area contributed by atoms with E-state index in [1.54, 1.807) is 13.1 Å². The van der Waals surface area contributed by atoms with Crippen LogP contribution in [0.5, 0.6) is 0 Å². The summed E-state index contributed by atoms with van der Waals surface area (Å²) in [6.45, 7) is 1.63. The topological polar surface area (TPSA) is 118 Å². The molecule has 3 aromatic rings. The van der Waals surface area contributed by atoms with E-state index in [-0.39, 0.29) is 12.6 Å². The van der Waals surface area contributed by atoms with Gasteiger partial charge in [-0.3, -0.25) is 9.78 Å². The zero-order valence-electron chi connectivity index (χ0n) is 15.0. The van der Waals surface area contributed by atoms with Gasteiger partial charge in [-0.15, -0.1) is 0 Å². The van der Waals surface area contributed by atoms with Gasteiger partial charge in [0, 0.05) is 18.3 Å². The van der Waals surface area contributed by atoms with Gasteiger partial charge in [0.15, 0.2) is 5.49 Å². The maximum atomic E-state index is 11.6. The predicted octanol–water partition coefficient (Wildman–Crippen LogP) is 1.07. The lowest BCUT2D eigenvalue weighted by molar-refractivity contribution is 0.276. The minimum Gasteiger partial charge on any atom is -0.390 e. The number of pyridine rings is 1. The van der Waals surface area contributed by atoms with E-state index >= 15 is 0 Å². The molecule has 0 aliphatic rings. The highest BCUT2D eigenvalue weighted by Crippen LogP contribution is 2.29. The van der Waals surface area contributed by atoms with Crippen molar-refractivity contribution in [3.8, 4) is 22.4 Å². The Balaban J connectivity index is 2.48. The van der Waals surface area contributed by atoms with E-state index in [0.717, 1.165) is 16.8 Å². The number of hydrogen-bond acceptors (Lipinski definition) is 7. The van der Waals surface area contributed by atoms with Gasteiger partial charge in [-0.05, 0) is 24.6 Å². The Bertz CT molecular complexity index is 1040. The molecule has 0 radical (unpaired) electrons. The maximum Gasteiger partial charge on any atom is 0.222 e. The van der Waals surface area contributed by atoms with Crippen molar-refractivity contribution in [2.24, 2.45) is 5.10 Å². The molecule has 8 heteroatoms. The van der Waals surface area contributed by atoms with Gasteiger partial charge in [-0.2, -0.15) is 5.10 Å². The Morgan fingerprint density at radius 3 is 2.59 bits per heavy atom. The second-order valence-corrected chi connectivity index (χ2v) is 5.84. The van der Waals surface area contributed by atoms with Gasteiger partial charge in [0.05, 0.1) is 23.6 Å². The first kappa shape index (κ1) is 18.3. The van der Waals surface area contributed by atoms with E-state index in [2.05, 4.69) is 20.5 Å². The molecule has 138 valence electrons. The minimum atomic E-state index is -0.204. The maximum absolute atomic E-state index is 11.6. The molecule has 3 rings (SSSR count). The van der Waals surface area contributed by atoms with E-state index < -0.39 is 0 Å². The highest BCUT2D eigenvalue weighted by molar-refractivity contribution is 5.82. The van der Waals surface area contributed by atoms with Crippen molar-refractivity contribution in [3.05, 3.63) is 59.3 Å². The first-order chi connectivity index (χ1) is 13.1. The number of nitrogen functional groups attached to an aromatic ring is 1. The van der Waals surface area contributed by atoms with E-state index in [0.29, 0.717) is 28.8 Å². The van der Waals surface area contributed by atoms with Gasteiger partial charge in [-0.1, -0.05) is 30.3 Å². The lowest BCUT2D eigenvalue weighted by Gasteiger charge is -2.15. The average molecular weight is 364 g/mol. The molecule has 2 aromatic heterocycles. The number of aliphatic hydroxyl groups excluding tert-OH is 1. The molecule has 0 aliphatic carbocycles. The van der Waals surface area contributed by atoms with Crippen LogP contribution in [0.2, 0.25) is 0 Å². The highest BCUT2D eigenvalue weighted by atomic mass is 16.3. The normalized spacial score (nSPS) is 11.4. The summed E-state index contributed by atoms with van der Waals surface area (Å²) in [6.07, 6.45) is 0.567. The quantitative estimate of drug-likeness (QED) is 0.460. The third kappa shape index (κ3) is 3.56. The van der Waals surface area contributed by atoms with Crippen molar-refractivity contribution in [2.45, 2.75) is 13.5 Å². The molecule has 4 N–H and O–H groups in total. The third-order valence-electron chi connectivity index (χ3n) is 3.99. The molecule has 27 heavy (non-hydrogen) atoms. The molecule has 1 aromatic carbocycles.